The maximum atomic E-state index is 11.3. The standard InChI is InChI=1S/C13H21N3O2/c1-2-11-15-12(17)9-13(16-11)18-8-6-10-5-3-4-7-14-10/h9-10,14H,2-8H2,1H3,(H,15,16,17). The van der Waals surface area contributed by atoms with Crippen LogP contribution in [0.4, 0.5) is 0 Å². The first-order valence-corrected chi connectivity index (χ1v) is 6.74. The topological polar surface area (TPSA) is 67.0 Å². The van der Waals surface area contributed by atoms with Gasteiger partial charge in [0.2, 0.25) is 5.88 Å². The fraction of sp³-hybridized carbons (Fsp3) is 0.692. The number of piperidine rings is 1. The van der Waals surface area contributed by atoms with E-state index in [1.165, 1.54) is 25.3 Å². The molecule has 5 heteroatoms. The van der Waals surface area contributed by atoms with E-state index in [-0.39, 0.29) is 5.56 Å². The predicted octanol–water partition coefficient (Wildman–Crippen LogP) is 1.24. The third kappa shape index (κ3) is 3.84. The zero-order chi connectivity index (χ0) is 12.8. The lowest BCUT2D eigenvalue weighted by Gasteiger charge is -2.23. The van der Waals surface area contributed by atoms with Crippen LogP contribution in [0.3, 0.4) is 0 Å². The molecule has 100 valence electrons. The van der Waals surface area contributed by atoms with Crippen molar-refractivity contribution in [3.05, 3.63) is 22.2 Å². The minimum absolute atomic E-state index is 0.146. The van der Waals surface area contributed by atoms with Crippen molar-refractivity contribution in [3.8, 4) is 5.88 Å². The second-order valence-electron chi connectivity index (χ2n) is 4.67. The minimum Gasteiger partial charge on any atom is -0.477 e. The van der Waals surface area contributed by atoms with E-state index in [2.05, 4.69) is 15.3 Å². The van der Waals surface area contributed by atoms with Crippen molar-refractivity contribution in [1.82, 2.24) is 15.3 Å². The molecule has 1 atom stereocenters. The van der Waals surface area contributed by atoms with Crippen molar-refractivity contribution >= 4 is 0 Å². The molecule has 0 aromatic carbocycles. The van der Waals surface area contributed by atoms with Crippen molar-refractivity contribution in [1.29, 1.82) is 0 Å². The van der Waals surface area contributed by atoms with Gasteiger partial charge in [0.05, 0.1) is 12.7 Å². The first kappa shape index (κ1) is 13.1. The summed E-state index contributed by atoms with van der Waals surface area (Å²) in [6.07, 6.45) is 5.45. The summed E-state index contributed by atoms with van der Waals surface area (Å²) in [7, 11) is 0. The number of nitrogens with zero attached hydrogens (tertiary/aromatic N) is 1. The number of aromatic nitrogens is 2. The molecule has 0 amide bonds. The molecule has 1 aliphatic rings. The summed E-state index contributed by atoms with van der Waals surface area (Å²) in [6.45, 7) is 3.67. The average molecular weight is 251 g/mol. The van der Waals surface area contributed by atoms with E-state index in [0.717, 1.165) is 13.0 Å². The van der Waals surface area contributed by atoms with E-state index < -0.39 is 0 Å². The zero-order valence-electron chi connectivity index (χ0n) is 10.9. The summed E-state index contributed by atoms with van der Waals surface area (Å²) in [6, 6.07) is 1.96. The lowest BCUT2D eigenvalue weighted by atomic mass is 10.0. The molecule has 0 aliphatic carbocycles. The molecule has 1 aliphatic heterocycles. The summed E-state index contributed by atoms with van der Waals surface area (Å²) >= 11 is 0. The molecular weight excluding hydrogens is 230 g/mol. The molecule has 2 N–H and O–H groups in total. The van der Waals surface area contributed by atoms with Crippen LogP contribution in [0.2, 0.25) is 0 Å². The summed E-state index contributed by atoms with van der Waals surface area (Å²) in [5, 5.41) is 3.47. The molecule has 1 unspecified atom stereocenters. The highest BCUT2D eigenvalue weighted by Gasteiger charge is 2.12. The monoisotopic (exact) mass is 251 g/mol. The van der Waals surface area contributed by atoms with Gasteiger partial charge in [0.15, 0.2) is 0 Å². The molecule has 18 heavy (non-hydrogen) atoms. The first-order valence-electron chi connectivity index (χ1n) is 6.74. The Hall–Kier alpha value is -1.36. The Balaban J connectivity index is 1.82. The fourth-order valence-corrected chi connectivity index (χ4v) is 2.20. The van der Waals surface area contributed by atoms with Crippen molar-refractivity contribution in [2.75, 3.05) is 13.2 Å². The van der Waals surface area contributed by atoms with Gasteiger partial charge in [-0.15, -0.1) is 0 Å². The second kappa shape index (κ2) is 6.54. The van der Waals surface area contributed by atoms with Crippen LogP contribution < -0.4 is 15.6 Å². The number of nitrogens with one attached hydrogen (secondary N) is 2. The number of aryl methyl sites for hydroxylation is 1. The van der Waals surface area contributed by atoms with E-state index in [1.807, 2.05) is 6.92 Å². The number of hydrogen-bond donors (Lipinski definition) is 2. The molecule has 0 spiro atoms. The predicted molar refractivity (Wildman–Crippen MR) is 70.0 cm³/mol. The molecule has 2 rings (SSSR count). The second-order valence-corrected chi connectivity index (χ2v) is 4.67. The van der Waals surface area contributed by atoms with Crippen molar-refractivity contribution in [2.24, 2.45) is 0 Å². The van der Waals surface area contributed by atoms with Gasteiger partial charge in [-0.3, -0.25) is 4.79 Å². The van der Waals surface area contributed by atoms with E-state index in [1.54, 1.807) is 0 Å². The van der Waals surface area contributed by atoms with Gasteiger partial charge >= 0.3 is 0 Å². The summed E-state index contributed by atoms with van der Waals surface area (Å²) < 4.78 is 5.56. The van der Waals surface area contributed by atoms with Crippen LogP contribution in [-0.2, 0) is 6.42 Å². The average Bonchev–Trinajstić information content (AvgIpc) is 2.39. The maximum absolute atomic E-state index is 11.3. The van der Waals surface area contributed by atoms with Crippen LogP contribution >= 0.6 is 0 Å². The Morgan fingerprint density at radius 2 is 2.39 bits per heavy atom. The molecule has 1 aromatic heterocycles. The Morgan fingerprint density at radius 1 is 1.50 bits per heavy atom. The van der Waals surface area contributed by atoms with Crippen molar-refractivity contribution < 1.29 is 4.74 Å². The number of ether oxygens (including phenoxy) is 1. The van der Waals surface area contributed by atoms with E-state index in [0.29, 0.717) is 30.8 Å². The largest absolute Gasteiger partial charge is 0.477 e. The van der Waals surface area contributed by atoms with Crippen molar-refractivity contribution in [2.45, 2.75) is 45.1 Å². The highest BCUT2D eigenvalue weighted by Crippen LogP contribution is 2.11. The third-order valence-electron chi connectivity index (χ3n) is 3.23. The molecule has 0 saturated carbocycles. The Kier molecular flexibility index (Phi) is 4.75. The molecule has 1 aromatic rings. The first-order chi connectivity index (χ1) is 8.78. The zero-order valence-corrected chi connectivity index (χ0v) is 10.9. The Morgan fingerprint density at radius 3 is 3.11 bits per heavy atom. The van der Waals surface area contributed by atoms with Gasteiger partial charge in [-0.05, 0) is 25.8 Å². The van der Waals surface area contributed by atoms with Crippen LogP contribution in [0.5, 0.6) is 5.88 Å². The minimum atomic E-state index is -0.146. The number of aromatic amines is 1. The van der Waals surface area contributed by atoms with Gasteiger partial charge in [0, 0.05) is 12.5 Å². The SMILES string of the molecule is CCc1nc(OCCC2CCCCN2)cc(=O)[nH]1. The van der Waals surface area contributed by atoms with Crippen LogP contribution in [0.1, 0.15) is 38.4 Å². The van der Waals surface area contributed by atoms with Gasteiger partial charge in [-0.1, -0.05) is 13.3 Å². The maximum Gasteiger partial charge on any atom is 0.254 e. The molecule has 1 saturated heterocycles. The van der Waals surface area contributed by atoms with Crippen LogP contribution in [0.15, 0.2) is 10.9 Å². The van der Waals surface area contributed by atoms with Crippen LogP contribution in [0.25, 0.3) is 0 Å². The van der Waals surface area contributed by atoms with E-state index >= 15 is 0 Å². The highest BCUT2D eigenvalue weighted by molar-refractivity contribution is 5.08. The normalized spacial score (nSPS) is 19.7. The summed E-state index contributed by atoms with van der Waals surface area (Å²) in [5.74, 6) is 1.11. The van der Waals surface area contributed by atoms with Gasteiger partial charge in [-0.25, -0.2) is 4.98 Å². The molecule has 2 heterocycles. The van der Waals surface area contributed by atoms with Crippen LogP contribution in [-0.4, -0.2) is 29.2 Å². The molecule has 0 bridgehead atoms. The van der Waals surface area contributed by atoms with E-state index in [4.69, 9.17) is 4.74 Å². The molecule has 5 nitrogen and oxygen atoms in total. The molecule has 1 fully saturated rings. The Bertz CT molecular complexity index is 424. The number of H-pyrrole nitrogens is 1. The van der Waals surface area contributed by atoms with Gasteiger partial charge in [-0.2, -0.15) is 0 Å². The number of hydrogen-bond acceptors (Lipinski definition) is 4. The van der Waals surface area contributed by atoms with E-state index in [9.17, 15) is 4.79 Å². The smallest absolute Gasteiger partial charge is 0.254 e. The van der Waals surface area contributed by atoms with Gasteiger partial charge in [0.1, 0.15) is 5.82 Å². The lowest BCUT2D eigenvalue weighted by molar-refractivity contribution is 0.259. The molecule has 0 radical (unpaired) electrons. The van der Waals surface area contributed by atoms with Gasteiger partial charge < -0.3 is 15.0 Å². The lowest BCUT2D eigenvalue weighted by Crippen LogP contribution is -2.35. The van der Waals surface area contributed by atoms with Gasteiger partial charge in [0.25, 0.3) is 5.56 Å². The van der Waals surface area contributed by atoms with Crippen LogP contribution in [0, 0.1) is 0 Å². The highest BCUT2D eigenvalue weighted by atomic mass is 16.5. The quantitative estimate of drug-likeness (QED) is 0.826. The van der Waals surface area contributed by atoms with Crippen molar-refractivity contribution in [3.63, 3.8) is 0 Å². The molecular formula is C13H21N3O2. The summed E-state index contributed by atoms with van der Waals surface area (Å²) in [5.41, 5.74) is -0.146. The number of rotatable bonds is 5. The fourth-order valence-electron chi connectivity index (χ4n) is 2.20. The third-order valence-corrected chi connectivity index (χ3v) is 3.23. The Labute approximate surface area is 107 Å². The summed E-state index contributed by atoms with van der Waals surface area (Å²) in [4.78, 5) is 18.3.